The van der Waals surface area contributed by atoms with E-state index in [-0.39, 0.29) is 5.92 Å². The number of fused-ring (bicyclic) bond motifs is 9. The van der Waals surface area contributed by atoms with Gasteiger partial charge in [0.15, 0.2) is 11.6 Å². The molecule has 1 aliphatic carbocycles. The molecular weight excluding hydrogens is 669 g/mol. The van der Waals surface area contributed by atoms with E-state index in [9.17, 15) is 0 Å². The van der Waals surface area contributed by atoms with Crippen LogP contribution in [0.5, 0.6) is 0 Å². The Balaban J connectivity index is 1.17. The quantitative estimate of drug-likeness (QED) is 0.168. The summed E-state index contributed by atoms with van der Waals surface area (Å²) in [5.41, 5.74) is 7.65. The fourth-order valence-corrected chi connectivity index (χ4v) is 8.55. The number of aromatic nitrogens is 4. The van der Waals surface area contributed by atoms with Crippen molar-refractivity contribution in [1.82, 2.24) is 19.5 Å². The van der Waals surface area contributed by atoms with Gasteiger partial charge >= 0.3 is 0 Å². The van der Waals surface area contributed by atoms with E-state index in [1.165, 1.54) is 37.9 Å². The summed E-state index contributed by atoms with van der Waals surface area (Å²) in [5, 5.41) is 9.91. The van der Waals surface area contributed by atoms with Gasteiger partial charge in [-0.25, -0.2) is 15.0 Å². The lowest BCUT2D eigenvalue weighted by molar-refractivity contribution is 0.764. The number of hydrogen-bond donors (Lipinski definition) is 0. The van der Waals surface area contributed by atoms with Gasteiger partial charge in [-0.15, -0.1) is 0 Å². The Morgan fingerprint density at radius 2 is 1.05 bits per heavy atom. The third-order valence-corrected chi connectivity index (χ3v) is 11.1. The number of allylic oxidation sites excluding steroid dienone is 4. The number of benzene rings is 8. The number of para-hydroxylation sites is 1. The van der Waals surface area contributed by atoms with Crippen LogP contribution >= 0.6 is 0 Å². The summed E-state index contributed by atoms with van der Waals surface area (Å²) in [6.07, 6.45) is 9.41. The zero-order valence-corrected chi connectivity index (χ0v) is 30.0. The van der Waals surface area contributed by atoms with E-state index in [0.29, 0.717) is 11.6 Å². The minimum Gasteiger partial charge on any atom is -0.309 e. The molecular formula is C51H34N4. The summed E-state index contributed by atoms with van der Waals surface area (Å²) in [6.45, 7) is 0. The molecule has 0 saturated carbocycles. The van der Waals surface area contributed by atoms with Crippen LogP contribution < -0.4 is 0 Å². The summed E-state index contributed by atoms with van der Waals surface area (Å²) in [5.74, 6) is 2.22. The summed E-state index contributed by atoms with van der Waals surface area (Å²) in [7, 11) is 0. The Kier molecular flexibility index (Phi) is 7.27. The van der Waals surface area contributed by atoms with Gasteiger partial charge in [0.1, 0.15) is 5.82 Å². The molecule has 4 nitrogen and oxygen atoms in total. The summed E-state index contributed by atoms with van der Waals surface area (Å²) < 4.78 is 2.37. The van der Waals surface area contributed by atoms with Gasteiger partial charge in [-0.3, -0.25) is 0 Å². The SMILES string of the molecule is C1=CCC(c2nc(-c3ccccc3)nc(-c3cccc4c3c3cc(-c5ccc6c7ccccc7c7ccccc7c6c5)ccc3n4-c3ccccc3)n2)C=C1. The molecule has 0 saturated heterocycles. The van der Waals surface area contributed by atoms with Gasteiger partial charge in [0.25, 0.3) is 0 Å². The van der Waals surface area contributed by atoms with Crippen molar-refractivity contribution in [2.75, 3.05) is 0 Å². The Morgan fingerprint density at radius 1 is 0.436 bits per heavy atom. The second kappa shape index (κ2) is 12.8. The molecule has 55 heavy (non-hydrogen) atoms. The first-order valence-electron chi connectivity index (χ1n) is 18.9. The van der Waals surface area contributed by atoms with Gasteiger partial charge in [-0.1, -0.05) is 152 Å². The first-order valence-corrected chi connectivity index (χ1v) is 18.9. The first-order chi connectivity index (χ1) is 27.3. The minimum absolute atomic E-state index is 0.0757. The molecule has 1 unspecified atom stereocenters. The summed E-state index contributed by atoms with van der Waals surface area (Å²) in [6, 6.07) is 58.8. The van der Waals surface area contributed by atoms with E-state index in [2.05, 4.69) is 174 Å². The average Bonchev–Trinajstić information content (AvgIpc) is 3.61. The van der Waals surface area contributed by atoms with Crippen molar-refractivity contribution in [3.05, 3.63) is 194 Å². The van der Waals surface area contributed by atoms with E-state index in [1.807, 2.05) is 18.2 Å². The van der Waals surface area contributed by atoms with Gasteiger partial charge in [-0.2, -0.15) is 0 Å². The number of nitrogens with zero attached hydrogens (tertiary/aromatic N) is 4. The lowest BCUT2D eigenvalue weighted by Gasteiger charge is -2.15. The molecule has 0 amide bonds. The van der Waals surface area contributed by atoms with Crippen LogP contribution in [0.4, 0.5) is 0 Å². The van der Waals surface area contributed by atoms with Crippen molar-refractivity contribution < 1.29 is 0 Å². The van der Waals surface area contributed by atoms with Crippen molar-refractivity contribution in [1.29, 1.82) is 0 Å². The maximum absolute atomic E-state index is 5.24. The summed E-state index contributed by atoms with van der Waals surface area (Å²) >= 11 is 0. The molecule has 0 bridgehead atoms. The highest BCUT2D eigenvalue weighted by molar-refractivity contribution is 6.26. The Morgan fingerprint density at radius 3 is 1.76 bits per heavy atom. The maximum Gasteiger partial charge on any atom is 0.164 e. The number of hydrogen-bond acceptors (Lipinski definition) is 3. The first kappa shape index (κ1) is 31.4. The molecule has 0 N–H and O–H groups in total. The van der Waals surface area contributed by atoms with Crippen molar-refractivity contribution in [3.63, 3.8) is 0 Å². The predicted molar refractivity (Wildman–Crippen MR) is 229 cm³/mol. The van der Waals surface area contributed by atoms with Gasteiger partial charge in [0, 0.05) is 33.5 Å². The maximum atomic E-state index is 5.24. The highest BCUT2D eigenvalue weighted by atomic mass is 15.0. The lowest BCUT2D eigenvalue weighted by Crippen LogP contribution is -2.08. The van der Waals surface area contributed by atoms with E-state index >= 15 is 0 Å². The van der Waals surface area contributed by atoms with E-state index in [4.69, 9.17) is 15.0 Å². The second-order valence-corrected chi connectivity index (χ2v) is 14.3. The third kappa shape index (κ3) is 5.18. The Bertz CT molecular complexity index is 3140. The van der Waals surface area contributed by atoms with Crippen molar-refractivity contribution in [2.45, 2.75) is 12.3 Å². The molecule has 0 fully saturated rings. The molecule has 11 rings (SSSR count). The fraction of sp³-hybridized carbons (Fsp3) is 0.0392. The molecule has 258 valence electrons. The molecule has 0 spiro atoms. The molecule has 4 heteroatoms. The number of rotatable bonds is 5. The smallest absolute Gasteiger partial charge is 0.164 e. The molecule has 1 atom stereocenters. The van der Waals surface area contributed by atoms with Gasteiger partial charge in [-0.05, 0) is 86.3 Å². The third-order valence-electron chi connectivity index (χ3n) is 11.1. The highest BCUT2D eigenvalue weighted by Crippen LogP contribution is 2.42. The molecule has 8 aromatic carbocycles. The van der Waals surface area contributed by atoms with E-state index < -0.39 is 0 Å². The topological polar surface area (TPSA) is 43.6 Å². The van der Waals surface area contributed by atoms with Crippen LogP contribution in [0.25, 0.3) is 93.7 Å². The van der Waals surface area contributed by atoms with Gasteiger partial charge in [0.05, 0.1) is 11.0 Å². The van der Waals surface area contributed by atoms with E-state index in [1.54, 1.807) is 0 Å². The lowest BCUT2D eigenvalue weighted by atomic mass is 9.92. The standard InChI is InChI=1S/C51H34N4/c1-4-15-33(16-5-1)49-52-50(34-17-6-2-7-18-34)54-51(53-49)43-25-14-26-47-48(43)45-32-36(28-30-46(45)55(47)37-19-8-3-9-20-37)35-27-29-42-40-23-11-10-21-38(40)39-22-12-13-24-41(39)44(42)31-35/h1-17,19-32,34H,18H2. The monoisotopic (exact) mass is 702 g/mol. The highest BCUT2D eigenvalue weighted by Gasteiger charge is 2.22. The molecule has 2 heterocycles. The van der Waals surface area contributed by atoms with Crippen molar-refractivity contribution in [2.24, 2.45) is 0 Å². The van der Waals surface area contributed by atoms with Crippen LogP contribution in [0.15, 0.2) is 188 Å². The zero-order valence-electron chi connectivity index (χ0n) is 30.0. The molecule has 2 aromatic heterocycles. The van der Waals surface area contributed by atoms with Crippen LogP contribution in [0.1, 0.15) is 18.2 Å². The van der Waals surface area contributed by atoms with Crippen molar-refractivity contribution in [3.8, 4) is 39.6 Å². The second-order valence-electron chi connectivity index (χ2n) is 14.3. The minimum atomic E-state index is 0.0757. The Hall–Kier alpha value is -7.17. The molecule has 0 radical (unpaired) electrons. The molecule has 1 aliphatic rings. The van der Waals surface area contributed by atoms with Crippen LogP contribution in [0.3, 0.4) is 0 Å². The van der Waals surface area contributed by atoms with Gasteiger partial charge < -0.3 is 4.57 Å². The zero-order chi connectivity index (χ0) is 36.3. The Labute approximate surface area is 318 Å². The van der Waals surface area contributed by atoms with Crippen LogP contribution in [-0.4, -0.2) is 19.5 Å². The molecule has 0 aliphatic heterocycles. The van der Waals surface area contributed by atoms with Crippen LogP contribution in [0.2, 0.25) is 0 Å². The average molecular weight is 703 g/mol. The van der Waals surface area contributed by atoms with E-state index in [0.717, 1.165) is 56.4 Å². The van der Waals surface area contributed by atoms with Gasteiger partial charge in [0.2, 0.25) is 0 Å². The largest absolute Gasteiger partial charge is 0.309 e. The summed E-state index contributed by atoms with van der Waals surface area (Å²) in [4.78, 5) is 15.5. The van der Waals surface area contributed by atoms with Crippen LogP contribution in [0, 0.1) is 0 Å². The molecule has 10 aromatic rings. The normalized spacial score (nSPS) is 14.1. The fourth-order valence-electron chi connectivity index (χ4n) is 8.55. The predicted octanol–water partition coefficient (Wildman–Crippen LogP) is 13.0. The van der Waals surface area contributed by atoms with Crippen LogP contribution in [-0.2, 0) is 0 Å². The van der Waals surface area contributed by atoms with Crippen molar-refractivity contribution >= 4 is 54.1 Å².